The SMILES string of the molecule is CN(C)C[C@@H]1CN(C(=O)C(=O)NCC(F)(F)C2CCC2)C[C@H]1CN(C)C. The Morgan fingerprint density at radius 3 is 1.92 bits per heavy atom. The van der Waals surface area contributed by atoms with Crippen LogP contribution in [0.1, 0.15) is 19.3 Å². The Balaban J connectivity index is 1.89. The highest BCUT2D eigenvalue weighted by molar-refractivity contribution is 6.35. The van der Waals surface area contributed by atoms with Crippen molar-refractivity contribution in [2.75, 3.05) is 60.9 Å². The predicted molar refractivity (Wildman–Crippen MR) is 96.0 cm³/mol. The van der Waals surface area contributed by atoms with Crippen LogP contribution < -0.4 is 5.32 Å². The number of carbonyl (C=O) groups is 2. The van der Waals surface area contributed by atoms with Crippen molar-refractivity contribution >= 4 is 11.8 Å². The molecule has 2 amide bonds. The van der Waals surface area contributed by atoms with Crippen molar-refractivity contribution in [1.82, 2.24) is 20.0 Å². The third-order valence-corrected chi connectivity index (χ3v) is 5.44. The number of rotatable bonds is 7. The molecule has 8 heteroatoms. The molecular formula is C18H32F2N4O2. The molecule has 0 bridgehead atoms. The second-order valence-electron chi connectivity index (χ2n) is 8.33. The van der Waals surface area contributed by atoms with Crippen molar-refractivity contribution in [2.24, 2.45) is 17.8 Å². The van der Waals surface area contributed by atoms with Gasteiger partial charge in [-0.15, -0.1) is 0 Å². The number of carbonyl (C=O) groups excluding carboxylic acids is 2. The quantitative estimate of drug-likeness (QED) is 0.668. The van der Waals surface area contributed by atoms with E-state index < -0.39 is 30.2 Å². The highest BCUT2D eigenvalue weighted by Gasteiger charge is 2.44. The lowest BCUT2D eigenvalue weighted by molar-refractivity contribution is -0.147. The minimum atomic E-state index is -2.93. The van der Waals surface area contributed by atoms with E-state index in [1.807, 2.05) is 28.2 Å². The zero-order valence-corrected chi connectivity index (χ0v) is 16.3. The number of amides is 2. The summed E-state index contributed by atoms with van der Waals surface area (Å²) in [6, 6.07) is 0. The second kappa shape index (κ2) is 8.61. The van der Waals surface area contributed by atoms with Gasteiger partial charge in [-0.1, -0.05) is 6.42 Å². The molecule has 2 rings (SSSR count). The maximum atomic E-state index is 13.9. The second-order valence-corrected chi connectivity index (χ2v) is 8.33. The predicted octanol–water partition coefficient (Wildman–Crippen LogP) is 0.736. The minimum absolute atomic E-state index is 0.264. The van der Waals surface area contributed by atoms with Gasteiger partial charge in [0, 0.05) is 32.1 Å². The molecule has 2 fully saturated rings. The number of alkyl halides is 2. The third kappa shape index (κ3) is 5.36. The van der Waals surface area contributed by atoms with Crippen LogP contribution in [0.2, 0.25) is 0 Å². The van der Waals surface area contributed by atoms with Gasteiger partial charge < -0.3 is 20.0 Å². The molecule has 0 spiro atoms. The zero-order valence-electron chi connectivity index (χ0n) is 16.3. The number of hydrogen-bond acceptors (Lipinski definition) is 4. The maximum absolute atomic E-state index is 13.9. The Bertz CT molecular complexity index is 491. The van der Waals surface area contributed by atoms with Gasteiger partial charge in [0.25, 0.3) is 5.92 Å². The van der Waals surface area contributed by atoms with Crippen molar-refractivity contribution in [1.29, 1.82) is 0 Å². The fourth-order valence-electron chi connectivity index (χ4n) is 3.85. The molecule has 1 saturated carbocycles. The summed E-state index contributed by atoms with van der Waals surface area (Å²) >= 11 is 0. The van der Waals surface area contributed by atoms with Crippen molar-refractivity contribution in [3.8, 4) is 0 Å². The van der Waals surface area contributed by atoms with Crippen molar-refractivity contribution in [3.63, 3.8) is 0 Å². The molecule has 0 radical (unpaired) electrons. The molecule has 6 nitrogen and oxygen atoms in total. The lowest BCUT2D eigenvalue weighted by Crippen LogP contribution is -2.49. The van der Waals surface area contributed by atoms with Gasteiger partial charge >= 0.3 is 11.8 Å². The van der Waals surface area contributed by atoms with Crippen molar-refractivity contribution in [2.45, 2.75) is 25.2 Å². The molecule has 0 aromatic heterocycles. The molecule has 26 heavy (non-hydrogen) atoms. The van der Waals surface area contributed by atoms with E-state index in [0.29, 0.717) is 25.9 Å². The van der Waals surface area contributed by atoms with E-state index in [2.05, 4.69) is 15.1 Å². The number of halogens is 2. The Kier molecular flexibility index (Phi) is 6.96. The molecule has 150 valence electrons. The molecule has 1 aliphatic heterocycles. The fraction of sp³-hybridized carbons (Fsp3) is 0.889. The van der Waals surface area contributed by atoms with Crippen LogP contribution in [0.4, 0.5) is 8.78 Å². The van der Waals surface area contributed by atoms with Gasteiger partial charge in [0.1, 0.15) is 0 Å². The Morgan fingerprint density at radius 2 is 1.54 bits per heavy atom. The third-order valence-electron chi connectivity index (χ3n) is 5.44. The Morgan fingerprint density at radius 1 is 1.04 bits per heavy atom. The van der Waals surface area contributed by atoms with Crippen molar-refractivity contribution < 1.29 is 18.4 Å². The molecule has 2 aliphatic rings. The first-order valence-corrected chi connectivity index (χ1v) is 9.34. The van der Waals surface area contributed by atoms with E-state index in [-0.39, 0.29) is 11.8 Å². The summed E-state index contributed by atoms with van der Waals surface area (Å²) in [5.41, 5.74) is 0. The van der Waals surface area contributed by atoms with Crippen LogP contribution in [0.25, 0.3) is 0 Å². The van der Waals surface area contributed by atoms with Gasteiger partial charge in [-0.05, 0) is 52.9 Å². The molecule has 1 aliphatic carbocycles. The summed E-state index contributed by atoms with van der Waals surface area (Å²) in [6.45, 7) is 1.87. The van der Waals surface area contributed by atoms with E-state index in [0.717, 1.165) is 19.5 Å². The largest absolute Gasteiger partial charge is 0.342 e. The van der Waals surface area contributed by atoms with Gasteiger partial charge in [-0.3, -0.25) is 9.59 Å². The lowest BCUT2D eigenvalue weighted by atomic mass is 9.80. The normalized spacial score (nSPS) is 24.2. The lowest BCUT2D eigenvalue weighted by Gasteiger charge is -2.33. The van der Waals surface area contributed by atoms with Gasteiger partial charge in [0.05, 0.1) is 6.54 Å². The summed E-state index contributed by atoms with van der Waals surface area (Å²) in [5, 5.41) is 2.16. The smallest absolute Gasteiger partial charge is 0.311 e. The Hall–Kier alpha value is -1.28. The van der Waals surface area contributed by atoms with Crippen LogP contribution in [-0.4, -0.2) is 93.4 Å². The fourth-order valence-corrected chi connectivity index (χ4v) is 3.85. The monoisotopic (exact) mass is 374 g/mol. The first kappa shape index (κ1) is 21.0. The van der Waals surface area contributed by atoms with Crippen LogP contribution in [-0.2, 0) is 9.59 Å². The molecular weight excluding hydrogens is 342 g/mol. The van der Waals surface area contributed by atoms with Crippen LogP contribution >= 0.6 is 0 Å². The number of nitrogens with one attached hydrogen (secondary N) is 1. The van der Waals surface area contributed by atoms with Gasteiger partial charge in [0.2, 0.25) is 0 Å². The minimum Gasteiger partial charge on any atom is -0.342 e. The van der Waals surface area contributed by atoms with Gasteiger partial charge in [-0.25, -0.2) is 8.78 Å². The number of nitrogens with zero attached hydrogens (tertiary/aromatic N) is 3. The standard InChI is InChI=1S/C18H32F2N4O2/c1-22(2)8-13-10-24(11-14(13)9-23(3)4)17(26)16(25)21-12-18(19,20)15-6-5-7-15/h13-15H,5-12H2,1-4H3,(H,21,25)/t13-,14-/m1/s1. The molecule has 0 unspecified atom stereocenters. The van der Waals surface area contributed by atoms with E-state index in [1.54, 1.807) is 0 Å². The molecule has 1 N–H and O–H groups in total. The topological polar surface area (TPSA) is 55.9 Å². The summed E-state index contributed by atoms with van der Waals surface area (Å²) in [7, 11) is 7.91. The summed E-state index contributed by atoms with van der Waals surface area (Å²) in [5.74, 6) is -4.68. The first-order valence-electron chi connectivity index (χ1n) is 9.34. The average molecular weight is 374 g/mol. The van der Waals surface area contributed by atoms with E-state index >= 15 is 0 Å². The summed E-state index contributed by atoms with van der Waals surface area (Å²) in [6.07, 6.45) is 1.78. The molecule has 0 aromatic rings. The van der Waals surface area contributed by atoms with E-state index in [1.165, 1.54) is 4.90 Å². The number of hydrogen-bond donors (Lipinski definition) is 1. The van der Waals surface area contributed by atoms with Crippen molar-refractivity contribution in [3.05, 3.63) is 0 Å². The van der Waals surface area contributed by atoms with Crippen LogP contribution in [0.15, 0.2) is 0 Å². The summed E-state index contributed by atoms with van der Waals surface area (Å²) < 4.78 is 27.9. The molecule has 0 aromatic carbocycles. The maximum Gasteiger partial charge on any atom is 0.311 e. The molecule has 1 heterocycles. The highest BCUT2D eigenvalue weighted by Crippen LogP contribution is 2.39. The highest BCUT2D eigenvalue weighted by atomic mass is 19.3. The van der Waals surface area contributed by atoms with Gasteiger partial charge in [-0.2, -0.15) is 0 Å². The average Bonchev–Trinajstić information content (AvgIpc) is 2.83. The van der Waals surface area contributed by atoms with Crippen LogP contribution in [0.3, 0.4) is 0 Å². The molecule has 2 atom stereocenters. The zero-order chi connectivity index (χ0) is 19.5. The van der Waals surface area contributed by atoms with Gasteiger partial charge in [0.15, 0.2) is 0 Å². The Labute approximate surface area is 154 Å². The van der Waals surface area contributed by atoms with E-state index in [4.69, 9.17) is 0 Å². The van der Waals surface area contributed by atoms with Crippen LogP contribution in [0, 0.1) is 17.8 Å². The molecule has 1 saturated heterocycles. The van der Waals surface area contributed by atoms with E-state index in [9.17, 15) is 18.4 Å². The first-order chi connectivity index (χ1) is 12.1. The number of likely N-dealkylation sites (tertiary alicyclic amines) is 1. The summed E-state index contributed by atoms with van der Waals surface area (Å²) in [4.78, 5) is 30.2. The van der Waals surface area contributed by atoms with Crippen LogP contribution in [0.5, 0.6) is 0 Å².